The van der Waals surface area contributed by atoms with Crippen LogP contribution in [-0.4, -0.2) is 37.8 Å². The second-order valence-electron chi connectivity index (χ2n) is 5.81. The van der Waals surface area contributed by atoms with Gasteiger partial charge in [0.25, 0.3) is 0 Å². The summed E-state index contributed by atoms with van der Waals surface area (Å²) in [6, 6.07) is 15.2. The summed E-state index contributed by atoms with van der Waals surface area (Å²) in [5.41, 5.74) is 2.02. The number of halogens is 1. The summed E-state index contributed by atoms with van der Waals surface area (Å²) in [6.07, 6.45) is 0.204. The molecule has 1 atom stereocenters. The molecule has 0 aliphatic rings. The average molecular weight is 376 g/mol. The molecule has 140 valence electrons. The van der Waals surface area contributed by atoms with Crippen molar-refractivity contribution in [1.29, 1.82) is 0 Å². The van der Waals surface area contributed by atoms with E-state index in [4.69, 9.17) is 16.3 Å². The first-order valence-electron chi connectivity index (χ1n) is 8.71. The molecule has 3 N–H and O–H groups in total. The summed E-state index contributed by atoms with van der Waals surface area (Å²) in [6.45, 7) is 3.79. The molecule has 0 saturated carbocycles. The number of ether oxygens (including phenoxy) is 1. The second-order valence-corrected chi connectivity index (χ2v) is 6.25. The van der Waals surface area contributed by atoms with Crippen LogP contribution in [0.25, 0.3) is 0 Å². The lowest BCUT2D eigenvalue weighted by Crippen LogP contribution is -2.38. The number of rotatable bonds is 8. The van der Waals surface area contributed by atoms with Crippen molar-refractivity contribution in [3.63, 3.8) is 0 Å². The van der Waals surface area contributed by atoms with Crippen molar-refractivity contribution in [2.45, 2.75) is 19.4 Å². The second kappa shape index (κ2) is 10.7. The lowest BCUT2D eigenvalue weighted by atomic mass is 10.1. The summed E-state index contributed by atoms with van der Waals surface area (Å²) in [5, 5.41) is 17.5. The smallest absolute Gasteiger partial charge is 0.191 e. The van der Waals surface area contributed by atoms with Crippen molar-refractivity contribution in [3.8, 4) is 5.75 Å². The quantitative estimate of drug-likeness (QED) is 0.489. The molecule has 2 aromatic carbocycles. The standard InChI is InChI=1S/C20H26ClN3O2/c1-3-22-20(23-13-12-15-4-8-17(21)9-5-15)24-14-19(25)16-6-10-18(26-2)11-7-16/h4-11,19,25H,3,12-14H2,1-2H3,(H2,22,23,24). The van der Waals surface area contributed by atoms with Crippen molar-refractivity contribution in [2.75, 3.05) is 26.7 Å². The fraction of sp³-hybridized carbons (Fsp3) is 0.350. The third-order valence-corrected chi connectivity index (χ3v) is 4.14. The SMILES string of the molecule is CCNC(=NCC(O)c1ccc(OC)cc1)NCCc1ccc(Cl)cc1. The predicted molar refractivity (Wildman–Crippen MR) is 107 cm³/mol. The van der Waals surface area contributed by atoms with Crippen LogP contribution in [0.15, 0.2) is 53.5 Å². The monoisotopic (exact) mass is 375 g/mol. The van der Waals surface area contributed by atoms with Gasteiger partial charge in [-0.15, -0.1) is 0 Å². The number of nitrogens with zero attached hydrogens (tertiary/aromatic N) is 1. The van der Waals surface area contributed by atoms with E-state index in [-0.39, 0.29) is 6.54 Å². The van der Waals surface area contributed by atoms with E-state index in [0.717, 1.165) is 35.8 Å². The van der Waals surface area contributed by atoms with E-state index in [2.05, 4.69) is 15.6 Å². The number of benzene rings is 2. The highest BCUT2D eigenvalue weighted by atomic mass is 35.5. The molecule has 0 bridgehead atoms. The van der Waals surface area contributed by atoms with Crippen LogP contribution in [0.5, 0.6) is 5.75 Å². The van der Waals surface area contributed by atoms with E-state index in [9.17, 15) is 5.11 Å². The summed E-state index contributed by atoms with van der Waals surface area (Å²) >= 11 is 5.90. The van der Waals surface area contributed by atoms with Crippen LogP contribution in [-0.2, 0) is 6.42 Å². The maximum atomic E-state index is 10.3. The number of aliphatic imine (C=N–C) groups is 1. The van der Waals surface area contributed by atoms with Gasteiger partial charge in [-0.05, 0) is 48.7 Å². The van der Waals surface area contributed by atoms with Gasteiger partial charge in [-0.3, -0.25) is 4.99 Å². The predicted octanol–water partition coefficient (Wildman–Crippen LogP) is 3.18. The van der Waals surface area contributed by atoms with Gasteiger partial charge < -0.3 is 20.5 Å². The first-order valence-corrected chi connectivity index (χ1v) is 9.08. The minimum atomic E-state index is -0.660. The van der Waals surface area contributed by atoms with Crippen molar-refractivity contribution in [2.24, 2.45) is 4.99 Å². The van der Waals surface area contributed by atoms with Crippen LogP contribution < -0.4 is 15.4 Å². The van der Waals surface area contributed by atoms with Crippen LogP contribution in [0, 0.1) is 0 Å². The molecule has 0 heterocycles. The van der Waals surface area contributed by atoms with Crippen LogP contribution in [0.2, 0.25) is 5.02 Å². The van der Waals surface area contributed by atoms with Gasteiger partial charge >= 0.3 is 0 Å². The zero-order chi connectivity index (χ0) is 18.8. The van der Waals surface area contributed by atoms with Gasteiger partial charge in [-0.2, -0.15) is 0 Å². The summed E-state index contributed by atoms with van der Waals surface area (Å²) in [7, 11) is 1.62. The van der Waals surface area contributed by atoms with Gasteiger partial charge in [0, 0.05) is 18.1 Å². The highest BCUT2D eigenvalue weighted by Crippen LogP contribution is 2.17. The van der Waals surface area contributed by atoms with E-state index in [1.165, 1.54) is 5.56 Å². The lowest BCUT2D eigenvalue weighted by molar-refractivity contribution is 0.187. The Kier molecular flexibility index (Phi) is 8.25. The summed E-state index contributed by atoms with van der Waals surface area (Å²) in [5.74, 6) is 1.45. The molecule has 2 aromatic rings. The topological polar surface area (TPSA) is 65.9 Å². The molecule has 0 saturated heterocycles. The van der Waals surface area contributed by atoms with Crippen LogP contribution in [0.3, 0.4) is 0 Å². The number of nitrogens with one attached hydrogen (secondary N) is 2. The molecule has 1 unspecified atom stereocenters. The highest BCUT2D eigenvalue weighted by molar-refractivity contribution is 6.30. The fourth-order valence-electron chi connectivity index (χ4n) is 2.43. The van der Waals surface area contributed by atoms with E-state index in [0.29, 0.717) is 5.96 Å². The Morgan fingerprint density at radius 3 is 2.42 bits per heavy atom. The van der Waals surface area contributed by atoms with Gasteiger partial charge in [0.1, 0.15) is 5.75 Å². The molecule has 0 fully saturated rings. The Balaban J connectivity index is 1.87. The molecule has 0 aromatic heterocycles. The van der Waals surface area contributed by atoms with Crippen LogP contribution >= 0.6 is 11.6 Å². The molecule has 26 heavy (non-hydrogen) atoms. The lowest BCUT2D eigenvalue weighted by Gasteiger charge is -2.13. The third-order valence-electron chi connectivity index (χ3n) is 3.89. The van der Waals surface area contributed by atoms with Crippen molar-refractivity contribution >= 4 is 17.6 Å². The van der Waals surface area contributed by atoms with E-state index >= 15 is 0 Å². The Labute approximate surface area is 160 Å². The Bertz CT molecular complexity index is 687. The first kappa shape index (κ1) is 20.1. The zero-order valence-electron chi connectivity index (χ0n) is 15.2. The third kappa shape index (κ3) is 6.58. The molecule has 0 amide bonds. The van der Waals surface area contributed by atoms with Crippen molar-refractivity contribution in [1.82, 2.24) is 10.6 Å². The van der Waals surface area contributed by atoms with E-state index in [1.807, 2.05) is 55.5 Å². The van der Waals surface area contributed by atoms with Gasteiger partial charge in [-0.1, -0.05) is 35.9 Å². The molecule has 2 rings (SSSR count). The van der Waals surface area contributed by atoms with Crippen molar-refractivity contribution < 1.29 is 9.84 Å². The largest absolute Gasteiger partial charge is 0.497 e. The Morgan fingerprint density at radius 2 is 1.81 bits per heavy atom. The van der Waals surface area contributed by atoms with Gasteiger partial charge in [-0.25, -0.2) is 0 Å². The molecule has 5 nitrogen and oxygen atoms in total. The number of hydrogen-bond donors (Lipinski definition) is 3. The number of aliphatic hydroxyl groups excluding tert-OH is 1. The van der Waals surface area contributed by atoms with E-state index in [1.54, 1.807) is 7.11 Å². The number of hydrogen-bond acceptors (Lipinski definition) is 3. The summed E-state index contributed by atoms with van der Waals surface area (Å²) < 4.78 is 5.13. The number of aliphatic hydroxyl groups is 1. The minimum Gasteiger partial charge on any atom is -0.497 e. The molecule has 0 spiro atoms. The molecule has 6 heteroatoms. The fourth-order valence-corrected chi connectivity index (χ4v) is 2.55. The van der Waals surface area contributed by atoms with Gasteiger partial charge in [0.05, 0.1) is 19.8 Å². The molecule has 0 aliphatic heterocycles. The molecule has 0 aliphatic carbocycles. The normalized spacial score (nSPS) is 12.5. The molecule has 0 radical (unpaired) electrons. The number of methoxy groups -OCH3 is 1. The Morgan fingerprint density at radius 1 is 1.12 bits per heavy atom. The Hall–Kier alpha value is -2.24. The zero-order valence-corrected chi connectivity index (χ0v) is 16.0. The molecular weight excluding hydrogens is 350 g/mol. The maximum absolute atomic E-state index is 10.3. The first-order chi connectivity index (χ1) is 12.6. The summed E-state index contributed by atoms with van der Waals surface area (Å²) in [4.78, 5) is 4.47. The highest BCUT2D eigenvalue weighted by Gasteiger charge is 2.08. The number of guanidine groups is 1. The molecular formula is C20H26ClN3O2. The van der Waals surface area contributed by atoms with Crippen LogP contribution in [0.4, 0.5) is 0 Å². The van der Waals surface area contributed by atoms with Crippen LogP contribution in [0.1, 0.15) is 24.2 Å². The van der Waals surface area contributed by atoms with Gasteiger partial charge in [0.2, 0.25) is 0 Å². The van der Waals surface area contributed by atoms with Crippen molar-refractivity contribution in [3.05, 3.63) is 64.7 Å². The van der Waals surface area contributed by atoms with E-state index < -0.39 is 6.10 Å². The average Bonchev–Trinajstić information content (AvgIpc) is 2.67. The maximum Gasteiger partial charge on any atom is 0.191 e. The minimum absolute atomic E-state index is 0.280. The van der Waals surface area contributed by atoms with Gasteiger partial charge in [0.15, 0.2) is 5.96 Å².